The van der Waals surface area contributed by atoms with Gasteiger partial charge in [-0.2, -0.15) is 20.7 Å². The molecule has 0 unspecified atom stereocenters. The van der Waals surface area contributed by atoms with Gasteiger partial charge in [-0.3, -0.25) is 4.79 Å². The molecule has 35 heavy (non-hydrogen) atoms. The number of aromatic nitrogens is 3. The third-order valence-electron chi connectivity index (χ3n) is 6.05. The van der Waals surface area contributed by atoms with Gasteiger partial charge < -0.3 is 15.5 Å². The van der Waals surface area contributed by atoms with E-state index in [1.165, 1.54) is 6.20 Å². The molecule has 1 saturated heterocycles. The first kappa shape index (κ1) is 23.8. The number of rotatable bonds is 5. The summed E-state index contributed by atoms with van der Waals surface area (Å²) in [5.74, 6) is 0.343. The summed E-state index contributed by atoms with van der Waals surface area (Å²) in [4.78, 5) is 19.6. The minimum absolute atomic E-state index is 0.314. The lowest BCUT2D eigenvalue weighted by atomic mass is 9.90. The molecule has 4 rings (SSSR count). The first-order valence-corrected chi connectivity index (χ1v) is 11.3. The van der Waals surface area contributed by atoms with Crippen molar-refractivity contribution in [3.8, 4) is 23.3 Å². The molecule has 0 radical (unpaired) electrons. The van der Waals surface area contributed by atoms with Gasteiger partial charge in [-0.25, -0.2) is 4.98 Å². The number of hydrogen-bond acceptors (Lipinski definition) is 8. The van der Waals surface area contributed by atoms with Crippen LogP contribution < -0.4 is 15.5 Å². The van der Waals surface area contributed by atoms with Crippen molar-refractivity contribution in [2.24, 2.45) is 0 Å². The highest BCUT2D eigenvalue weighted by Crippen LogP contribution is 2.30. The number of anilines is 2. The summed E-state index contributed by atoms with van der Waals surface area (Å²) in [5.41, 5.74) is 3.67. The molecule has 0 spiro atoms. The highest BCUT2D eigenvalue weighted by Gasteiger charge is 2.23. The number of pyridine rings is 1. The quantitative estimate of drug-likeness (QED) is 0.586. The van der Waals surface area contributed by atoms with Crippen LogP contribution in [0, 0.1) is 29.6 Å². The van der Waals surface area contributed by atoms with E-state index in [4.69, 9.17) is 0 Å². The van der Waals surface area contributed by atoms with Crippen LogP contribution in [0.15, 0.2) is 42.7 Å². The van der Waals surface area contributed by atoms with E-state index in [9.17, 15) is 15.3 Å². The van der Waals surface area contributed by atoms with Crippen LogP contribution in [-0.2, 0) is 5.41 Å². The van der Waals surface area contributed by atoms with Gasteiger partial charge in [0.2, 0.25) is 0 Å². The smallest absolute Gasteiger partial charge is 0.257 e. The predicted octanol–water partition coefficient (Wildman–Crippen LogP) is 3.18. The largest absolute Gasteiger partial charge is 0.353 e. The van der Waals surface area contributed by atoms with Crippen molar-refractivity contribution in [2.45, 2.75) is 26.2 Å². The number of hydrogen-bond donors (Lipinski definition) is 2. The first-order valence-electron chi connectivity index (χ1n) is 11.3. The standard InChI is InChI=1S/C26H26N8O/c1-17-4-5-21(32-25(35)20-11-23(33-31-15-20)26(2,3)16-28)12-22(17)19-10-18(13-27)24(30-14-19)34-8-6-29-7-9-34/h4-5,10-12,14-15,29H,6-9H2,1-3H3,(H,32,35). The summed E-state index contributed by atoms with van der Waals surface area (Å²) >= 11 is 0. The fourth-order valence-corrected chi connectivity index (χ4v) is 3.88. The van der Waals surface area contributed by atoms with E-state index in [1.807, 2.05) is 31.2 Å². The maximum atomic E-state index is 12.9. The third kappa shape index (κ3) is 5.11. The second-order valence-corrected chi connectivity index (χ2v) is 8.99. The molecule has 1 fully saturated rings. The van der Waals surface area contributed by atoms with E-state index < -0.39 is 5.41 Å². The van der Waals surface area contributed by atoms with Crippen molar-refractivity contribution >= 4 is 17.4 Å². The minimum atomic E-state index is -0.858. The summed E-state index contributed by atoms with van der Waals surface area (Å²) in [6.07, 6.45) is 3.15. The lowest BCUT2D eigenvalue weighted by molar-refractivity contribution is 0.102. The lowest BCUT2D eigenvalue weighted by Gasteiger charge is -2.29. The van der Waals surface area contributed by atoms with Crippen molar-refractivity contribution in [1.82, 2.24) is 20.5 Å². The van der Waals surface area contributed by atoms with E-state index >= 15 is 0 Å². The highest BCUT2D eigenvalue weighted by atomic mass is 16.1. The van der Waals surface area contributed by atoms with E-state index in [0.29, 0.717) is 28.3 Å². The van der Waals surface area contributed by atoms with Crippen LogP contribution >= 0.6 is 0 Å². The molecule has 2 N–H and O–H groups in total. The topological polar surface area (TPSA) is 131 Å². The van der Waals surface area contributed by atoms with E-state index in [0.717, 1.165) is 42.9 Å². The normalized spacial score (nSPS) is 13.6. The molecule has 9 heteroatoms. The number of piperazine rings is 1. The monoisotopic (exact) mass is 466 g/mol. The van der Waals surface area contributed by atoms with Gasteiger partial charge >= 0.3 is 0 Å². The number of aryl methyl sites for hydroxylation is 1. The van der Waals surface area contributed by atoms with Gasteiger partial charge in [0.05, 0.1) is 34.5 Å². The van der Waals surface area contributed by atoms with Gasteiger partial charge in [-0.15, -0.1) is 0 Å². The average Bonchev–Trinajstić information content (AvgIpc) is 2.90. The molecule has 1 amide bonds. The molecular formula is C26H26N8O. The second kappa shape index (κ2) is 9.88. The fourth-order valence-electron chi connectivity index (χ4n) is 3.88. The molecule has 0 aliphatic carbocycles. The number of nitriles is 2. The van der Waals surface area contributed by atoms with Gasteiger partial charge in [-0.1, -0.05) is 6.07 Å². The van der Waals surface area contributed by atoms with E-state index in [2.05, 4.69) is 42.9 Å². The van der Waals surface area contributed by atoms with Crippen LogP contribution in [0.5, 0.6) is 0 Å². The van der Waals surface area contributed by atoms with Gasteiger partial charge in [0, 0.05) is 43.6 Å². The van der Waals surface area contributed by atoms with Crippen LogP contribution in [0.4, 0.5) is 11.5 Å². The van der Waals surface area contributed by atoms with Crippen molar-refractivity contribution in [3.63, 3.8) is 0 Å². The maximum absolute atomic E-state index is 12.9. The van der Waals surface area contributed by atoms with Gasteiger partial charge in [-0.05, 0) is 56.2 Å². The van der Waals surface area contributed by atoms with Crippen LogP contribution in [0.2, 0.25) is 0 Å². The Balaban J connectivity index is 1.60. The molecule has 1 aromatic carbocycles. The Morgan fingerprint density at radius 2 is 1.91 bits per heavy atom. The molecule has 0 atom stereocenters. The number of nitrogens with one attached hydrogen (secondary N) is 2. The molecule has 2 aromatic heterocycles. The van der Waals surface area contributed by atoms with Crippen LogP contribution in [-0.4, -0.2) is 47.3 Å². The first-order chi connectivity index (χ1) is 16.8. The molecule has 0 saturated carbocycles. The summed E-state index contributed by atoms with van der Waals surface area (Å²) in [5, 5.41) is 33.2. The van der Waals surface area contributed by atoms with Crippen LogP contribution in [0.1, 0.15) is 41.0 Å². The zero-order valence-corrected chi connectivity index (χ0v) is 20.0. The number of carbonyl (C=O) groups is 1. The SMILES string of the molecule is Cc1ccc(NC(=O)c2cnnc(C(C)(C)C#N)c2)cc1-c1cnc(N2CCNCC2)c(C#N)c1. The molecule has 3 heterocycles. The number of nitrogens with zero attached hydrogens (tertiary/aromatic N) is 6. The number of carbonyl (C=O) groups excluding carboxylic acids is 1. The molecule has 176 valence electrons. The molecular weight excluding hydrogens is 440 g/mol. The molecule has 0 bridgehead atoms. The minimum Gasteiger partial charge on any atom is -0.353 e. The predicted molar refractivity (Wildman–Crippen MR) is 133 cm³/mol. The zero-order valence-electron chi connectivity index (χ0n) is 20.0. The van der Waals surface area contributed by atoms with Crippen LogP contribution in [0.25, 0.3) is 11.1 Å². The fraction of sp³-hybridized carbons (Fsp3) is 0.308. The molecule has 9 nitrogen and oxygen atoms in total. The van der Waals surface area contributed by atoms with Gasteiger partial charge in [0.15, 0.2) is 0 Å². The van der Waals surface area contributed by atoms with Gasteiger partial charge in [0.25, 0.3) is 5.91 Å². The molecule has 1 aliphatic rings. The number of amides is 1. The Bertz CT molecular complexity index is 1350. The van der Waals surface area contributed by atoms with Crippen molar-refractivity contribution < 1.29 is 4.79 Å². The molecule has 3 aromatic rings. The van der Waals surface area contributed by atoms with Gasteiger partial charge in [0.1, 0.15) is 11.9 Å². The Morgan fingerprint density at radius 3 is 2.63 bits per heavy atom. The van der Waals surface area contributed by atoms with Crippen LogP contribution in [0.3, 0.4) is 0 Å². The Labute approximate surface area is 204 Å². The molecule has 1 aliphatic heterocycles. The lowest BCUT2D eigenvalue weighted by Crippen LogP contribution is -2.44. The summed E-state index contributed by atoms with van der Waals surface area (Å²) in [6.45, 7) is 8.75. The summed E-state index contributed by atoms with van der Waals surface area (Å²) in [6, 6.07) is 13.5. The Kier molecular flexibility index (Phi) is 6.72. The van der Waals surface area contributed by atoms with Crippen molar-refractivity contribution in [1.29, 1.82) is 10.5 Å². The van der Waals surface area contributed by atoms with Crippen molar-refractivity contribution in [3.05, 3.63) is 65.1 Å². The average molecular weight is 467 g/mol. The Morgan fingerprint density at radius 1 is 1.14 bits per heavy atom. The Hall–Kier alpha value is -4.34. The third-order valence-corrected chi connectivity index (χ3v) is 6.05. The van der Waals surface area contributed by atoms with E-state index in [1.54, 1.807) is 26.1 Å². The summed E-state index contributed by atoms with van der Waals surface area (Å²) in [7, 11) is 0. The second-order valence-electron chi connectivity index (χ2n) is 8.99. The zero-order chi connectivity index (χ0) is 25.0. The number of benzene rings is 1. The maximum Gasteiger partial charge on any atom is 0.257 e. The van der Waals surface area contributed by atoms with E-state index in [-0.39, 0.29) is 5.91 Å². The summed E-state index contributed by atoms with van der Waals surface area (Å²) < 4.78 is 0. The highest BCUT2D eigenvalue weighted by molar-refractivity contribution is 6.04. The van der Waals surface area contributed by atoms with Crippen molar-refractivity contribution in [2.75, 3.05) is 36.4 Å².